The molecule has 6 rings (SSSR count). The van der Waals surface area contributed by atoms with Gasteiger partial charge in [-0.1, -0.05) is 18.2 Å². The van der Waals surface area contributed by atoms with Crippen LogP contribution >= 0.6 is 0 Å². The zero-order valence-corrected chi connectivity index (χ0v) is 19.4. The Morgan fingerprint density at radius 3 is 2.36 bits per heavy atom. The number of fused-ring (bicyclic) bond motifs is 6. The summed E-state index contributed by atoms with van der Waals surface area (Å²) in [5, 5.41) is 26.1. The number of phenols is 2. The zero-order chi connectivity index (χ0) is 24.9. The van der Waals surface area contributed by atoms with Crippen LogP contribution < -0.4 is 9.47 Å². The maximum absolute atomic E-state index is 13.9. The molecular weight excluding hydrogens is 456 g/mol. The minimum Gasteiger partial charge on any atom is -0.508 e. The van der Waals surface area contributed by atoms with Gasteiger partial charge in [0.25, 0.3) is 5.91 Å². The van der Waals surface area contributed by atoms with Gasteiger partial charge in [0.1, 0.15) is 34.3 Å². The molecule has 1 atom stereocenters. The molecule has 2 aliphatic rings. The van der Waals surface area contributed by atoms with E-state index >= 15 is 0 Å². The second-order valence-corrected chi connectivity index (χ2v) is 8.58. The Labute approximate surface area is 207 Å². The molecule has 0 bridgehead atoms. The summed E-state index contributed by atoms with van der Waals surface area (Å²) in [5.74, 6) is 1.49. The van der Waals surface area contributed by atoms with Crippen LogP contribution in [0.2, 0.25) is 0 Å². The first-order valence-electron chi connectivity index (χ1n) is 11.6. The highest BCUT2D eigenvalue weighted by Crippen LogP contribution is 2.58. The maximum atomic E-state index is 13.9. The lowest BCUT2D eigenvalue weighted by molar-refractivity contribution is 0.0675. The fraction of sp³-hybridized carbons (Fsp3) is 0.103. The van der Waals surface area contributed by atoms with Gasteiger partial charge in [-0.05, 0) is 67.1 Å². The SMILES string of the molecule is CCOc1ccc2c(c1)Oc1cc(O)ccc1C21c2ccccc2C(=O)N1/N=C/c1ccc(O)cc1. The van der Waals surface area contributed by atoms with Crippen molar-refractivity contribution in [2.45, 2.75) is 12.5 Å². The van der Waals surface area contributed by atoms with E-state index in [0.717, 1.165) is 16.7 Å². The van der Waals surface area contributed by atoms with E-state index in [4.69, 9.17) is 14.6 Å². The van der Waals surface area contributed by atoms with Crippen LogP contribution in [-0.4, -0.2) is 34.0 Å². The van der Waals surface area contributed by atoms with Crippen LogP contribution in [0, 0.1) is 0 Å². The first-order chi connectivity index (χ1) is 17.5. The lowest BCUT2D eigenvalue weighted by atomic mass is 9.75. The summed E-state index contributed by atoms with van der Waals surface area (Å²) in [6, 6.07) is 24.4. The number of hydrazone groups is 1. The number of carbonyl (C=O) groups is 1. The van der Waals surface area contributed by atoms with Crippen molar-refractivity contribution in [3.05, 3.63) is 113 Å². The second-order valence-electron chi connectivity index (χ2n) is 8.58. The van der Waals surface area contributed by atoms with Gasteiger partial charge in [0.2, 0.25) is 0 Å². The minimum atomic E-state index is -1.14. The van der Waals surface area contributed by atoms with Crippen molar-refractivity contribution in [3.63, 3.8) is 0 Å². The largest absolute Gasteiger partial charge is 0.508 e. The number of rotatable bonds is 4. The first kappa shape index (κ1) is 21.7. The van der Waals surface area contributed by atoms with E-state index in [1.165, 1.54) is 5.01 Å². The van der Waals surface area contributed by atoms with Gasteiger partial charge in [-0.15, -0.1) is 0 Å². The summed E-state index contributed by atoms with van der Waals surface area (Å²) < 4.78 is 12.0. The van der Waals surface area contributed by atoms with E-state index in [0.29, 0.717) is 35.0 Å². The molecule has 4 aromatic rings. The molecule has 0 fully saturated rings. The molecule has 0 radical (unpaired) electrons. The Balaban J connectivity index is 1.64. The quantitative estimate of drug-likeness (QED) is 0.384. The molecule has 0 aliphatic carbocycles. The molecule has 0 saturated carbocycles. The Hall–Kier alpha value is -4.78. The highest BCUT2D eigenvalue weighted by atomic mass is 16.5. The molecule has 7 nitrogen and oxygen atoms in total. The van der Waals surface area contributed by atoms with Gasteiger partial charge in [-0.25, -0.2) is 5.01 Å². The predicted octanol–water partition coefficient (Wildman–Crippen LogP) is 5.38. The standard InChI is InChI=1S/C29H22N2O5/c1-2-35-21-12-14-25-27(16-21)36-26-15-20(33)11-13-24(26)29(25)23-6-4-3-5-22(23)28(34)31(29)30-17-18-7-9-19(32)10-8-18/h3-17,32-33H,2H2,1H3/b30-17+. The van der Waals surface area contributed by atoms with Gasteiger partial charge >= 0.3 is 0 Å². The van der Waals surface area contributed by atoms with E-state index in [-0.39, 0.29) is 17.4 Å². The van der Waals surface area contributed by atoms with Crippen molar-refractivity contribution in [1.29, 1.82) is 0 Å². The van der Waals surface area contributed by atoms with Crippen molar-refractivity contribution >= 4 is 12.1 Å². The molecule has 0 aromatic heterocycles. The smallest absolute Gasteiger partial charge is 0.275 e. The average molecular weight is 479 g/mol. The number of hydrogen-bond acceptors (Lipinski definition) is 6. The van der Waals surface area contributed by atoms with E-state index in [1.54, 1.807) is 60.8 Å². The highest BCUT2D eigenvalue weighted by Gasteiger charge is 2.57. The van der Waals surface area contributed by atoms with Crippen LogP contribution in [0.5, 0.6) is 28.7 Å². The van der Waals surface area contributed by atoms with Gasteiger partial charge in [0.05, 0.1) is 12.8 Å². The topological polar surface area (TPSA) is 91.6 Å². The van der Waals surface area contributed by atoms with Crippen molar-refractivity contribution in [2.75, 3.05) is 6.61 Å². The number of amides is 1. The number of phenolic OH excluding ortho intramolecular Hbond substituents is 2. The third-order valence-corrected chi connectivity index (χ3v) is 6.50. The predicted molar refractivity (Wildman–Crippen MR) is 134 cm³/mol. The van der Waals surface area contributed by atoms with Crippen molar-refractivity contribution in [1.82, 2.24) is 5.01 Å². The van der Waals surface area contributed by atoms with Gasteiger partial charge in [0.15, 0.2) is 0 Å². The molecule has 4 aromatic carbocycles. The monoisotopic (exact) mass is 478 g/mol. The lowest BCUT2D eigenvalue weighted by Gasteiger charge is -2.41. The van der Waals surface area contributed by atoms with E-state index < -0.39 is 5.54 Å². The summed E-state index contributed by atoms with van der Waals surface area (Å²) in [7, 11) is 0. The zero-order valence-electron chi connectivity index (χ0n) is 19.4. The molecule has 2 heterocycles. The average Bonchev–Trinajstić information content (AvgIpc) is 3.12. The van der Waals surface area contributed by atoms with Crippen molar-refractivity contribution in [3.8, 4) is 28.7 Å². The summed E-state index contributed by atoms with van der Waals surface area (Å²) in [6.45, 7) is 2.40. The van der Waals surface area contributed by atoms with E-state index in [2.05, 4.69) is 0 Å². The van der Waals surface area contributed by atoms with Crippen molar-refractivity contribution in [2.24, 2.45) is 5.10 Å². The second kappa shape index (κ2) is 8.16. The number of hydrogen-bond donors (Lipinski definition) is 2. The fourth-order valence-electron chi connectivity index (χ4n) is 5.01. The minimum absolute atomic E-state index is 0.0464. The maximum Gasteiger partial charge on any atom is 0.275 e. The lowest BCUT2D eigenvalue weighted by Crippen LogP contribution is -2.44. The van der Waals surface area contributed by atoms with Crippen LogP contribution in [0.15, 0.2) is 90.0 Å². The van der Waals surface area contributed by atoms with E-state index in [1.807, 2.05) is 37.3 Å². The summed E-state index contributed by atoms with van der Waals surface area (Å²) in [4.78, 5) is 13.9. The Bertz CT molecular complexity index is 1530. The summed E-state index contributed by atoms with van der Waals surface area (Å²) >= 11 is 0. The molecule has 2 N–H and O–H groups in total. The van der Waals surface area contributed by atoms with Crippen LogP contribution in [-0.2, 0) is 5.54 Å². The van der Waals surface area contributed by atoms with Crippen LogP contribution in [0.1, 0.15) is 39.5 Å². The van der Waals surface area contributed by atoms with Gasteiger partial charge in [-0.2, -0.15) is 5.10 Å². The molecule has 178 valence electrons. The molecule has 1 amide bonds. The molecular formula is C29H22N2O5. The van der Waals surface area contributed by atoms with Gasteiger partial charge in [-0.3, -0.25) is 4.79 Å². The molecule has 7 heteroatoms. The Morgan fingerprint density at radius 1 is 0.889 bits per heavy atom. The third-order valence-electron chi connectivity index (χ3n) is 6.50. The Kier molecular flexibility index (Phi) is 4.93. The van der Waals surface area contributed by atoms with E-state index in [9.17, 15) is 15.0 Å². The Morgan fingerprint density at radius 2 is 1.58 bits per heavy atom. The highest BCUT2D eigenvalue weighted by molar-refractivity contribution is 6.02. The molecule has 1 unspecified atom stereocenters. The van der Waals surface area contributed by atoms with Crippen LogP contribution in [0.4, 0.5) is 0 Å². The van der Waals surface area contributed by atoms with Gasteiger partial charge < -0.3 is 19.7 Å². The number of benzene rings is 4. The number of nitrogens with zero attached hydrogens (tertiary/aromatic N) is 2. The molecule has 2 aliphatic heterocycles. The first-order valence-corrected chi connectivity index (χ1v) is 11.6. The van der Waals surface area contributed by atoms with Crippen LogP contribution in [0.3, 0.4) is 0 Å². The normalized spacial score (nSPS) is 17.6. The molecule has 1 spiro atoms. The molecule has 0 saturated heterocycles. The number of aromatic hydroxyl groups is 2. The third kappa shape index (κ3) is 3.13. The number of carbonyl (C=O) groups excluding carboxylic acids is 1. The molecule has 36 heavy (non-hydrogen) atoms. The van der Waals surface area contributed by atoms with Crippen molar-refractivity contribution < 1.29 is 24.5 Å². The fourth-order valence-corrected chi connectivity index (χ4v) is 5.01. The van der Waals surface area contributed by atoms with Gasteiger partial charge in [0, 0.05) is 34.4 Å². The summed E-state index contributed by atoms with van der Waals surface area (Å²) in [5.41, 5.74) is 2.28. The number of ether oxygens (including phenoxy) is 2. The van der Waals surface area contributed by atoms with Crippen LogP contribution in [0.25, 0.3) is 0 Å². The summed E-state index contributed by atoms with van der Waals surface area (Å²) in [6.07, 6.45) is 1.59.